The Morgan fingerprint density at radius 1 is 1.50 bits per heavy atom. The summed E-state index contributed by atoms with van der Waals surface area (Å²) < 4.78 is 0. The van der Waals surface area contributed by atoms with Crippen LogP contribution in [-0.2, 0) is 0 Å². The van der Waals surface area contributed by atoms with Gasteiger partial charge in [0.2, 0.25) is 0 Å². The topological polar surface area (TPSA) is 65.2 Å². The summed E-state index contributed by atoms with van der Waals surface area (Å²) in [5, 5.41) is 3.09. The average molecular weight is 221 g/mol. The van der Waals surface area contributed by atoms with Gasteiger partial charge in [0, 0.05) is 38.1 Å². The maximum Gasteiger partial charge on any atom is 0.259 e. The fourth-order valence-electron chi connectivity index (χ4n) is 1.64. The maximum atomic E-state index is 12.0. The lowest BCUT2D eigenvalue weighted by molar-refractivity contribution is 0.0679. The Kier molecular flexibility index (Phi) is 2.78. The van der Waals surface area contributed by atoms with Crippen molar-refractivity contribution in [3.8, 4) is 0 Å². The van der Waals surface area contributed by atoms with Crippen LogP contribution in [-0.4, -0.2) is 42.0 Å². The lowest BCUT2D eigenvalue weighted by Crippen LogP contribution is -2.57. The number of carbonyl (C=O) groups is 1. The predicted octanol–water partition coefficient (Wildman–Crippen LogP) is -0.273. The van der Waals surface area contributed by atoms with Crippen LogP contribution in [0.3, 0.4) is 0 Å². The molecule has 2 N–H and O–H groups in total. The van der Waals surface area contributed by atoms with E-state index in [-0.39, 0.29) is 22.9 Å². The summed E-state index contributed by atoms with van der Waals surface area (Å²) in [6, 6.07) is 1.65. The molecular weight excluding hydrogens is 206 g/mol. The Hall–Kier alpha value is -1.62. The number of nitrogens with one attached hydrogen (secondary N) is 2. The van der Waals surface area contributed by atoms with E-state index in [0.717, 1.165) is 18.8 Å². The number of aromatic nitrogens is 1. The van der Waals surface area contributed by atoms with Gasteiger partial charge in [-0.1, -0.05) is 0 Å². The third-order valence-electron chi connectivity index (χ3n) is 2.92. The van der Waals surface area contributed by atoms with Gasteiger partial charge in [-0.05, 0) is 6.92 Å². The first-order chi connectivity index (χ1) is 7.59. The summed E-state index contributed by atoms with van der Waals surface area (Å²) in [7, 11) is 1.73. The fourth-order valence-corrected chi connectivity index (χ4v) is 1.64. The highest BCUT2D eigenvalue weighted by Gasteiger charge is 2.27. The number of carbonyl (C=O) groups excluding carboxylic acids is 1. The number of nitrogens with zero attached hydrogens (tertiary/aromatic N) is 1. The molecule has 0 aromatic carbocycles. The highest BCUT2D eigenvalue weighted by molar-refractivity contribution is 5.93. The van der Waals surface area contributed by atoms with Gasteiger partial charge in [-0.3, -0.25) is 9.59 Å². The lowest BCUT2D eigenvalue weighted by atomic mass is 10.1. The van der Waals surface area contributed by atoms with E-state index in [1.165, 1.54) is 12.3 Å². The molecule has 0 saturated carbocycles. The van der Waals surface area contributed by atoms with Crippen LogP contribution in [0.2, 0.25) is 0 Å². The zero-order valence-corrected chi connectivity index (χ0v) is 9.41. The maximum absolute atomic E-state index is 12.0. The first-order valence-electron chi connectivity index (χ1n) is 5.27. The van der Waals surface area contributed by atoms with Gasteiger partial charge < -0.3 is 15.2 Å². The third kappa shape index (κ3) is 1.86. The van der Waals surface area contributed by atoms with Crippen molar-refractivity contribution < 1.29 is 4.79 Å². The minimum Gasteiger partial charge on any atom is -0.364 e. The van der Waals surface area contributed by atoms with Gasteiger partial charge in [0.05, 0.1) is 6.04 Å². The summed E-state index contributed by atoms with van der Waals surface area (Å²) in [4.78, 5) is 28.1. The standard InChI is InChI=1S/C11H15N3O2/c1-7-3-10(15)9(6-13-7)11(16)14(2)8-4-12-5-8/h3,6,8,12H,4-5H2,1-2H3,(H,13,15). The van der Waals surface area contributed by atoms with Crippen molar-refractivity contribution in [2.24, 2.45) is 0 Å². The molecular formula is C11H15N3O2. The molecule has 1 aromatic heterocycles. The summed E-state index contributed by atoms with van der Waals surface area (Å²) >= 11 is 0. The number of rotatable bonds is 2. The summed E-state index contributed by atoms with van der Waals surface area (Å²) in [6.45, 7) is 3.38. The van der Waals surface area contributed by atoms with Crippen LogP contribution < -0.4 is 10.7 Å². The van der Waals surface area contributed by atoms with Crippen molar-refractivity contribution in [2.75, 3.05) is 20.1 Å². The highest BCUT2D eigenvalue weighted by atomic mass is 16.2. The zero-order chi connectivity index (χ0) is 11.7. The van der Waals surface area contributed by atoms with Crippen LogP contribution in [0.15, 0.2) is 17.1 Å². The smallest absolute Gasteiger partial charge is 0.259 e. The normalized spacial score (nSPS) is 15.6. The molecule has 1 saturated heterocycles. The van der Waals surface area contributed by atoms with E-state index in [4.69, 9.17) is 0 Å². The highest BCUT2D eigenvalue weighted by Crippen LogP contribution is 2.06. The molecule has 16 heavy (non-hydrogen) atoms. The molecule has 0 atom stereocenters. The van der Waals surface area contributed by atoms with Gasteiger partial charge in [-0.25, -0.2) is 0 Å². The molecule has 1 aliphatic rings. The monoisotopic (exact) mass is 221 g/mol. The van der Waals surface area contributed by atoms with Gasteiger partial charge in [0.1, 0.15) is 5.56 Å². The van der Waals surface area contributed by atoms with E-state index in [1.54, 1.807) is 18.9 Å². The SMILES string of the molecule is Cc1cc(=O)c(C(=O)N(C)C2CNC2)c[nH]1. The quantitative estimate of drug-likeness (QED) is 0.722. The van der Waals surface area contributed by atoms with Crippen molar-refractivity contribution in [1.82, 2.24) is 15.2 Å². The number of amides is 1. The van der Waals surface area contributed by atoms with Crippen molar-refractivity contribution in [2.45, 2.75) is 13.0 Å². The number of H-pyrrole nitrogens is 1. The first kappa shape index (κ1) is 10.9. The molecule has 1 aliphatic heterocycles. The number of pyridine rings is 1. The molecule has 0 aliphatic carbocycles. The van der Waals surface area contributed by atoms with Crippen LogP contribution >= 0.6 is 0 Å². The van der Waals surface area contributed by atoms with Crippen LogP contribution in [0.1, 0.15) is 16.1 Å². The molecule has 86 valence electrons. The van der Waals surface area contributed by atoms with Crippen LogP contribution in [0, 0.1) is 6.92 Å². The van der Waals surface area contributed by atoms with E-state index >= 15 is 0 Å². The minimum atomic E-state index is -0.222. The van der Waals surface area contributed by atoms with Gasteiger partial charge >= 0.3 is 0 Å². The van der Waals surface area contributed by atoms with Crippen molar-refractivity contribution in [1.29, 1.82) is 0 Å². The molecule has 0 radical (unpaired) electrons. The zero-order valence-electron chi connectivity index (χ0n) is 9.41. The van der Waals surface area contributed by atoms with Crippen LogP contribution in [0.4, 0.5) is 0 Å². The van der Waals surface area contributed by atoms with Crippen LogP contribution in [0.25, 0.3) is 0 Å². The third-order valence-corrected chi connectivity index (χ3v) is 2.92. The van der Waals surface area contributed by atoms with Gasteiger partial charge in [0.25, 0.3) is 5.91 Å². The molecule has 1 amide bonds. The summed E-state index contributed by atoms with van der Waals surface area (Å²) in [5.41, 5.74) is 0.745. The Balaban J connectivity index is 2.23. The molecule has 1 fully saturated rings. The molecule has 1 aromatic rings. The van der Waals surface area contributed by atoms with Crippen molar-refractivity contribution in [3.05, 3.63) is 33.7 Å². The number of aromatic amines is 1. The minimum absolute atomic E-state index is 0.202. The molecule has 0 bridgehead atoms. The number of likely N-dealkylation sites (N-methyl/N-ethyl adjacent to an activating group) is 1. The van der Waals surface area contributed by atoms with Crippen molar-refractivity contribution in [3.63, 3.8) is 0 Å². The molecule has 2 rings (SSSR count). The average Bonchev–Trinajstić information content (AvgIpc) is 2.14. The van der Waals surface area contributed by atoms with Crippen LogP contribution in [0.5, 0.6) is 0 Å². The number of hydrogen-bond acceptors (Lipinski definition) is 3. The Labute approximate surface area is 93.5 Å². The number of aryl methyl sites for hydroxylation is 1. The van der Waals surface area contributed by atoms with Crippen molar-refractivity contribution >= 4 is 5.91 Å². The van der Waals surface area contributed by atoms with E-state index in [9.17, 15) is 9.59 Å². The summed E-state index contributed by atoms with van der Waals surface area (Å²) in [6.07, 6.45) is 1.49. The molecule has 5 nitrogen and oxygen atoms in total. The van der Waals surface area contributed by atoms with Gasteiger partial charge in [-0.15, -0.1) is 0 Å². The Bertz CT molecular complexity index is 463. The van der Waals surface area contributed by atoms with E-state index < -0.39 is 0 Å². The molecule has 2 heterocycles. The molecule has 0 spiro atoms. The summed E-state index contributed by atoms with van der Waals surface area (Å²) in [5.74, 6) is -0.215. The Morgan fingerprint density at radius 3 is 2.69 bits per heavy atom. The number of hydrogen-bond donors (Lipinski definition) is 2. The second-order valence-electron chi connectivity index (χ2n) is 4.12. The lowest BCUT2D eigenvalue weighted by Gasteiger charge is -2.35. The fraction of sp³-hybridized carbons (Fsp3) is 0.455. The predicted molar refractivity (Wildman–Crippen MR) is 60.6 cm³/mol. The van der Waals surface area contributed by atoms with Gasteiger partial charge in [0.15, 0.2) is 5.43 Å². The second-order valence-corrected chi connectivity index (χ2v) is 4.12. The largest absolute Gasteiger partial charge is 0.364 e. The van der Waals surface area contributed by atoms with E-state index in [0.29, 0.717) is 0 Å². The molecule has 5 heteroatoms. The second kappa shape index (κ2) is 4.09. The van der Waals surface area contributed by atoms with E-state index in [2.05, 4.69) is 10.3 Å². The van der Waals surface area contributed by atoms with Gasteiger partial charge in [-0.2, -0.15) is 0 Å². The van der Waals surface area contributed by atoms with E-state index in [1.807, 2.05) is 0 Å². The Morgan fingerprint density at radius 2 is 2.19 bits per heavy atom. The molecule has 0 unspecified atom stereocenters. The first-order valence-corrected chi connectivity index (χ1v) is 5.27.